The molecule has 1 unspecified atom stereocenters. The van der Waals surface area contributed by atoms with Crippen molar-refractivity contribution in [2.45, 2.75) is 19.4 Å². The van der Waals surface area contributed by atoms with E-state index in [0.717, 1.165) is 45.0 Å². The Bertz CT molecular complexity index is 367. The van der Waals surface area contributed by atoms with Crippen molar-refractivity contribution in [1.82, 2.24) is 4.90 Å². The number of nitrogens with two attached hydrogens (primary N) is 1. The fourth-order valence-electron chi connectivity index (χ4n) is 2.31. The van der Waals surface area contributed by atoms with E-state index in [4.69, 9.17) is 15.2 Å². The van der Waals surface area contributed by atoms with Gasteiger partial charge in [0.05, 0.1) is 12.7 Å². The van der Waals surface area contributed by atoms with Crippen LogP contribution in [0.25, 0.3) is 0 Å². The van der Waals surface area contributed by atoms with Gasteiger partial charge >= 0.3 is 0 Å². The zero-order chi connectivity index (χ0) is 13.5. The van der Waals surface area contributed by atoms with Gasteiger partial charge in [0.2, 0.25) is 0 Å². The van der Waals surface area contributed by atoms with Gasteiger partial charge < -0.3 is 15.2 Å². The summed E-state index contributed by atoms with van der Waals surface area (Å²) in [6.07, 6.45) is 1.26. The molecule has 0 bridgehead atoms. The van der Waals surface area contributed by atoms with Gasteiger partial charge in [0, 0.05) is 19.6 Å². The van der Waals surface area contributed by atoms with Gasteiger partial charge in [-0.05, 0) is 37.6 Å². The van der Waals surface area contributed by atoms with Gasteiger partial charge in [0.15, 0.2) is 0 Å². The van der Waals surface area contributed by atoms with Crippen LogP contribution in [0.1, 0.15) is 12.5 Å². The lowest BCUT2D eigenvalue weighted by Gasteiger charge is -2.30. The van der Waals surface area contributed by atoms with Gasteiger partial charge in [-0.3, -0.25) is 4.90 Å². The summed E-state index contributed by atoms with van der Waals surface area (Å²) in [6, 6.07) is 8.21. The molecule has 2 N–H and O–H groups in total. The van der Waals surface area contributed by atoms with Crippen molar-refractivity contribution in [2.24, 2.45) is 5.73 Å². The molecule has 0 amide bonds. The summed E-state index contributed by atoms with van der Waals surface area (Å²) in [4.78, 5) is 2.39. The van der Waals surface area contributed by atoms with Crippen LogP contribution >= 0.6 is 0 Å². The molecule has 0 saturated carbocycles. The van der Waals surface area contributed by atoms with Crippen molar-refractivity contribution in [2.75, 3.05) is 39.4 Å². The Hall–Kier alpha value is -1.10. The van der Waals surface area contributed by atoms with Gasteiger partial charge in [0.1, 0.15) is 12.4 Å². The average Bonchev–Trinajstić information content (AvgIpc) is 2.41. The van der Waals surface area contributed by atoms with Crippen LogP contribution in [0.3, 0.4) is 0 Å². The molecule has 1 heterocycles. The van der Waals surface area contributed by atoms with Gasteiger partial charge in [-0.25, -0.2) is 0 Å². The van der Waals surface area contributed by atoms with Crippen molar-refractivity contribution < 1.29 is 9.47 Å². The quantitative estimate of drug-likeness (QED) is 0.841. The fourth-order valence-corrected chi connectivity index (χ4v) is 2.31. The molecule has 0 radical (unpaired) electrons. The molecule has 1 aliphatic heterocycles. The molecule has 0 aromatic heterocycles. The Morgan fingerprint density at radius 3 is 2.84 bits per heavy atom. The van der Waals surface area contributed by atoms with E-state index < -0.39 is 0 Å². The van der Waals surface area contributed by atoms with Crippen LogP contribution in [0.15, 0.2) is 24.3 Å². The Labute approximate surface area is 115 Å². The summed E-state index contributed by atoms with van der Waals surface area (Å²) in [6.45, 7) is 7.32. The maximum absolute atomic E-state index is 5.76. The highest BCUT2D eigenvalue weighted by Gasteiger charge is 2.15. The first-order valence-electron chi connectivity index (χ1n) is 7.03. The predicted molar refractivity (Wildman–Crippen MR) is 76.5 cm³/mol. The highest BCUT2D eigenvalue weighted by Crippen LogP contribution is 2.12. The molecule has 2 rings (SSSR count). The Kier molecular flexibility index (Phi) is 5.63. The first kappa shape index (κ1) is 14.3. The summed E-state index contributed by atoms with van der Waals surface area (Å²) in [5, 5.41) is 0. The zero-order valence-electron chi connectivity index (χ0n) is 11.7. The summed E-state index contributed by atoms with van der Waals surface area (Å²) < 4.78 is 11.3. The largest absolute Gasteiger partial charge is 0.492 e. The third kappa shape index (κ3) is 4.82. The van der Waals surface area contributed by atoms with Crippen LogP contribution in [-0.2, 0) is 11.2 Å². The summed E-state index contributed by atoms with van der Waals surface area (Å²) in [5.41, 5.74) is 6.79. The minimum atomic E-state index is 0.337. The molecule has 1 saturated heterocycles. The van der Waals surface area contributed by atoms with E-state index in [-0.39, 0.29) is 0 Å². The number of ether oxygens (including phenoxy) is 2. The number of morpholine rings is 1. The second kappa shape index (κ2) is 7.48. The second-order valence-electron chi connectivity index (χ2n) is 5.01. The lowest BCUT2D eigenvalue weighted by molar-refractivity contribution is -0.0214. The molecule has 1 aliphatic rings. The summed E-state index contributed by atoms with van der Waals surface area (Å²) in [5.74, 6) is 0.932. The molecule has 106 valence electrons. The van der Waals surface area contributed by atoms with Crippen molar-refractivity contribution in [3.8, 4) is 5.75 Å². The first-order chi connectivity index (χ1) is 9.28. The van der Waals surface area contributed by atoms with Crippen LogP contribution in [0.4, 0.5) is 0 Å². The van der Waals surface area contributed by atoms with Crippen LogP contribution in [0.5, 0.6) is 5.75 Å². The SMILES string of the molecule is CC1CN(CCOc2ccc(CCN)cc2)CCO1. The number of nitrogens with zero attached hydrogens (tertiary/aromatic N) is 1. The zero-order valence-corrected chi connectivity index (χ0v) is 11.7. The maximum Gasteiger partial charge on any atom is 0.119 e. The smallest absolute Gasteiger partial charge is 0.119 e. The van der Waals surface area contributed by atoms with Gasteiger partial charge in [-0.15, -0.1) is 0 Å². The monoisotopic (exact) mass is 264 g/mol. The number of hydrogen-bond donors (Lipinski definition) is 1. The van der Waals surface area contributed by atoms with E-state index in [1.807, 2.05) is 12.1 Å². The molecule has 1 aromatic rings. The minimum Gasteiger partial charge on any atom is -0.492 e. The van der Waals surface area contributed by atoms with Crippen LogP contribution in [-0.4, -0.2) is 50.4 Å². The Morgan fingerprint density at radius 2 is 2.16 bits per heavy atom. The van der Waals surface area contributed by atoms with E-state index in [9.17, 15) is 0 Å². The normalized spacial score (nSPS) is 20.4. The third-order valence-corrected chi connectivity index (χ3v) is 3.36. The summed E-state index contributed by atoms with van der Waals surface area (Å²) in [7, 11) is 0. The number of benzene rings is 1. The first-order valence-corrected chi connectivity index (χ1v) is 7.03. The molecule has 19 heavy (non-hydrogen) atoms. The molecular weight excluding hydrogens is 240 g/mol. The van der Waals surface area contributed by atoms with Crippen molar-refractivity contribution in [3.63, 3.8) is 0 Å². The molecule has 0 spiro atoms. The Morgan fingerprint density at radius 1 is 1.37 bits per heavy atom. The highest BCUT2D eigenvalue weighted by molar-refractivity contribution is 5.27. The van der Waals surface area contributed by atoms with Crippen molar-refractivity contribution in [1.29, 1.82) is 0 Å². The van der Waals surface area contributed by atoms with E-state index in [2.05, 4.69) is 24.0 Å². The summed E-state index contributed by atoms with van der Waals surface area (Å²) >= 11 is 0. The molecule has 1 atom stereocenters. The van der Waals surface area contributed by atoms with Gasteiger partial charge in [-0.1, -0.05) is 12.1 Å². The highest BCUT2D eigenvalue weighted by atomic mass is 16.5. The van der Waals surface area contributed by atoms with Crippen LogP contribution < -0.4 is 10.5 Å². The molecule has 4 nitrogen and oxygen atoms in total. The van der Waals surface area contributed by atoms with Gasteiger partial charge in [-0.2, -0.15) is 0 Å². The van der Waals surface area contributed by atoms with Gasteiger partial charge in [0.25, 0.3) is 0 Å². The predicted octanol–water partition coefficient (Wildman–Crippen LogP) is 1.29. The lowest BCUT2D eigenvalue weighted by atomic mass is 10.1. The topological polar surface area (TPSA) is 47.7 Å². The van der Waals surface area contributed by atoms with Crippen molar-refractivity contribution in [3.05, 3.63) is 29.8 Å². The second-order valence-corrected chi connectivity index (χ2v) is 5.01. The molecule has 4 heteroatoms. The third-order valence-electron chi connectivity index (χ3n) is 3.36. The maximum atomic E-state index is 5.76. The fraction of sp³-hybridized carbons (Fsp3) is 0.600. The Balaban J connectivity index is 1.70. The van der Waals surface area contributed by atoms with E-state index in [1.165, 1.54) is 5.56 Å². The molecule has 1 fully saturated rings. The molecular formula is C15H24N2O2. The number of hydrogen-bond acceptors (Lipinski definition) is 4. The molecule has 0 aliphatic carbocycles. The number of rotatable bonds is 6. The van der Waals surface area contributed by atoms with E-state index in [0.29, 0.717) is 12.6 Å². The van der Waals surface area contributed by atoms with Crippen LogP contribution in [0.2, 0.25) is 0 Å². The van der Waals surface area contributed by atoms with Crippen LogP contribution in [0, 0.1) is 0 Å². The molecule has 1 aromatic carbocycles. The van der Waals surface area contributed by atoms with E-state index in [1.54, 1.807) is 0 Å². The van der Waals surface area contributed by atoms with Crippen molar-refractivity contribution >= 4 is 0 Å². The average molecular weight is 264 g/mol. The standard InChI is InChI=1S/C15H24N2O2/c1-13-12-17(8-10-18-13)9-11-19-15-4-2-14(3-5-15)6-7-16/h2-5,13H,6-12,16H2,1H3. The lowest BCUT2D eigenvalue weighted by Crippen LogP contribution is -2.42. The van der Waals surface area contributed by atoms with E-state index >= 15 is 0 Å². The minimum absolute atomic E-state index is 0.337.